The molecule has 0 N–H and O–H groups in total. The first kappa shape index (κ1) is 12.0. The van der Waals surface area contributed by atoms with Crippen molar-refractivity contribution in [3.63, 3.8) is 0 Å². The molecule has 0 saturated carbocycles. The van der Waals surface area contributed by atoms with Gasteiger partial charge in [-0.15, -0.1) is 0 Å². The van der Waals surface area contributed by atoms with E-state index in [4.69, 9.17) is 4.74 Å². The normalized spacial score (nSPS) is 37.1. The van der Waals surface area contributed by atoms with E-state index in [-0.39, 0.29) is 0 Å². The lowest BCUT2D eigenvalue weighted by Crippen LogP contribution is -2.59. The summed E-state index contributed by atoms with van der Waals surface area (Å²) in [6, 6.07) is 0.723. The lowest BCUT2D eigenvalue weighted by Gasteiger charge is -2.47. The Balaban J connectivity index is 2.59. The lowest BCUT2D eigenvalue weighted by molar-refractivity contribution is -0.964. The number of rotatable bonds is 3. The SMILES string of the molecule is CCCOC1CC(C)CC(C)[N+]1(C)C. The predicted octanol–water partition coefficient (Wildman–Crippen LogP) is 2.63. The second-order valence-electron chi connectivity index (χ2n) is 5.38. The third-order valence-electron chi connectivity index (χ3n) is 3.74. The number of nitrogens with zero attached hydrogens (tertiary/aromatic N) is 1. The monoisotopic (exact) mass is 200 g/mol. The topological polar surface area (TPSA) is 9.23 Å². The molecule has 0 aromatic heterocycles. The van der Waals surface area contributed by atoms with Gasteiger partial charge in [0.1, 0.15) is 0 Å². The second kappa shape index (κ2) is 4.63. The Bertz CT molecular complexity index is 179. The van der Waals surface area contributed by atoms with E-state index in [9.17, 15) is 0 Å². The molecule has 1 aliphatic heterocycles. The molecule has 0 amide bonds. The van der Waals surface area contributed by atoms with Crippen molar-refractivity contribution in [2.45, 2.75) is 52.3 Å². The van der Waals surface area contributed by atoms with Crippen molar-refractivity contribution in [3.05, 3.63) is 0 Å². The molecule has 0 radical (unpaired) electrons. The zero-order valence-electron chi connectivity index (χ0n) is 10.4. The van der Waals surface area contributed by atoms with Crippen LogP contribution in [0.3, 0.4) is 0 Å². The summed E-state index contributed by atoms with van der Waals surface area (Å²) in [7, 11) is 4.60. The van der Waals surface area contributed by atoms with Gasteiger partial charge in [-0.05, 0) is 19.3 Å². The van der Waals surface area contributed by atoms with Crippen LogP contribution < -0.4 is 0 Å². The Morgan fingerprint density at radius 2 is 1.86 bits per heavy atom. The molecule has 1 aliphatic rings. The van der Waals surface area contributed by atoms with E-state index in [2.05, 4.69) is 34.9 Å². The summed E-state index contributed by atoms with van der Waals surface area (Å²) < 4.78 is 6.99. The van der Waals surface area contributed by atoms with Gasteiger partial charge in [0.2, 0.25) is 0 Å². The van der Waals surface area contributed by atoms with E-state index >= 15 is 0 Å². The fourth-order valence-electron chi connectivity index (χ4n) is 2.36. The maximum atomic E-state index is 5.96. The van der Waals surface area contributed by atoms with Crippen LogP contribution in [0.5, 0.6) is 0 Å². The van der Waals surface area contributed by atoms with Crippen molar-refractivity contribution in [3.8, 4) is 0 Å². The number of ether oxygens (including phenoxy) is 1. The summed E-state index contributed by atoms with van der Waals surface area (Å²) in [4.78, 5) is 0. The predicted molar refractivity (Wildman–Crippen MR) is 60.0 cm³/mol. The minimum atomic E-state index is 0.411. The average Bonchev–Trinajstić information content (AvgIpc) is 2.09. The number of likely N-dealkylation sites (tertiary alicyclic amines) is 1. The first-order chi connectivity index (χ1) is 6.48. The van der Waals surface area contributed by atoms with Gasteiger partial charge in [0.25, 0.3) is 0 Å². The Hall–Kier alpha value is -0.0800. The molecule has 2 nitrogen and oxygen atoms in total. The van der Waals surface area contributed by atoms with Crippen molar-refractivity contribution >= 4 is 0 Å². The lowest BCUT2D eigenvalue weighted by atomic mass is 9.90. The summed E-state index contributed by atoms with van der Waals surface area (Å²) in [5, 5.41) is 0. The Kier molecular flexibility index (Phi) is 3.96. The van der Waals surface area contributed by atoms with Gasteiger partial charge < -0.3 is 9.22 Å². The fraction of sp³-hybridized carbons (Fsp3) is 1.00. The van der Waals surface area contributed by atoms with Gasteiger partial charge in [-0.3, -0.25) is 0 Å². The molecule has 0 aromatic carbocycles. The van der Waals surface area contributed by atoms with Crippen LogP contribution in [0, 0.1) is 5.92 Å². The molecule has 0 aromatic rings. The third kappa shape index (κ3) is 2.48. The first-order valence-electron chi connectivity index (χ1n) is 5.93. The van der Waals surface area contributed by atoms with Crippen LogP contribution in [-0.4, -0.2) is 37.5 Å². The van der Waals surface area contributed by atoms with Gasteiger partial charge in [-0.25, -0.2) is 0 Å². The molecule has 2 heteroatoms. The highest BCUT2D eigenvalue weighted by atomic mass is 16.5. The van der Waals surface area contributed by atoms with Crippen LogP contribution in [0.25, 0.3) is 0 Å². The van der Waals surface area contributed by atoms with Crippen molar-refractivity contribution in [2.24, 2.45) is 5.92 Å². The molecule has 1 heterocycles. The highest BCUT2D eigenvalue weighted by Crippen LogP contribution is 2.31. The van der Waals surface area contributed by atoms with Crippen molar-refractivity contribution in [1.82, 2.24) is 0 Å². The van der Waals surface area contributed by atoms with Crippen LogP contribution in [0.4, 0.5) is 0 Å². The van der Waals surface area contributed by atoms with Crippen LogP contribution >= 0.6 is 0 Å². The maximum Gasteiger partial charge on any atom is 0.193 e. The van der Waals surface area contributed by atoms with E-state index in [0.717, 1.165) is 29.5 Å². The molecule has 1 rings (SSSR count). The molecular formula is C12H26NO+. The first-order valence-corrected chi connectivity index (χ1v) is 5.93. The molecule has 3 atom stereocenters. The van der Waals surface area contributed by atoms with Gasteiger partial charge in [-0.1, -0.05) is 13.8 Å². The van der Waals surface area contributed by atoms with Crippen LogP contribution in [0.2, 0.25) is 0 Å². The zero-order chi connectivity index (χ0) is 10.8. The Morgan fingerprint density at radius 1 is 1.21 bits per heavy atom. The quantitative estimate of drug-likeness (QED) is 0.636. The minimum absolute atomic E-state index is 0.411. The molecule has 14 heavy (non-hydrogen) atoms. The minimum Gasteiger partial charge on any atom is -0.329 e. The van der Waals surface area contributed by atoms with E-state index in [1.54, 1.807) is 0 Å². The van der Waals surface area contributed by atoms with Gasteiger partial charge in [0.15, 0.2) is 6.23 Å². The van der Waals surface area contributed by atoms with Gasteiger partial charge >= 0.3 is 0 Å². The zero-order valence-corrected chi connectivity index (χ0v) is 10.4. The van der Waals surface area contributed by atoms with Gasteiger partial charge in [-0.2, -0.15) is 0 Å². The van der Waals surface area contributed by atoms with E-state index in [0.29, 0.717) is 6.23 Å². The third-order valence-corrected chi connectivity index (χ3v) is 3.74. The van der Waals surface area contributed by atoms with Crippen LogP contribution in [0.1, 0.15) is 40.0 Å². The highest BCUT2D eigenvalue weighted by Gasteiger charge is 2.40. The maximum absolute atomic E-state index is 5.96. The summed E-state index contributed by atoms with van der Waals surface area (Å²) in [5.74, 6) is 0.818. The average molecular weight is 200 g/mol. The molecule has 0 spiro atoms. The van der Waals surface area contributed by atoms with Crippen LogP contribution in [-0.2, 0) is 4.74 Å². The standard InChI is InChI=1S/C12H26NO/c1-6-7-14-12-9-10(2)8-11(3)13(12,4)5/h10-12H,6-9H2,1-5H3/q+1. The molecule has 0 bridgehead atoms. The number of piperidine rings is 1. The van der Waals surface area contributed by atoms with Crippen molar-refractivity contribution in [2.75, 3.05) is 20.7 Å². The molecule has 1 saturated heterocycles. The summed E-state index contributed by atoms with van der Waals surface area (Å²) in [6.45, 7) is 7.78. The number of hydrogen-bond acceptors (Lipinski definition) is 1. The van der Waals surface area contributed by atoms with E-state index < -0.39 is 0 Å². The summed E-state index contributed by atoms with van der Waals surface area (Å²) >= 11 is 0. The Morgan fingerprint density at radius 3 is 2.43 bits per heavy atom. The van der Waals surface area contributed by atoms with Crippen molar-refractivity contribution in [1.29, 1.82) is 0 Å². The molecular weight excluding hydrogens is 174 g/mol. The largest absolute Gasteiger partial charge is 0.329 e. The number of quaternary nitrogens is 1. The molecule has 0 aliphatic carbocycles. The molecule has 1 fully saturated rings. The summed E-state index contributed by atoms with van der Waals surface area (Å²) in [5.41, 5.74) is 0. The highest BCUT2D eigenvalue weighted by molar-refractivity contribution is 4.69. The second-order valence-corrected chi connectivity index (χ2v) is 5.38. The van der Waals surface area contributed by atoms with Crippen molar-refractivity contribution < 1.29 is 9.22 Å². The number of hydrogen-bond donors (Lipinski definition) is 0. The van der Waals surface area contributed by atoms with E-state index in [1.807, 2.05) is 0 Å². The van der Waals surface area contributed by atoms with Gasteiger partial charge in [0.05, 0.1) is 26.7 Å². The molecule has 84 valence electrons. The fourth-order valence-corrected chi connectivity index (χ4v) is 2.36. The smallest absolute Gasteiger partial charge is 0.193 e. The summed E-state index contributed by atoms with van der Waals surface area (Å²) in [6.07, 6.45) is 4.09. The van der Waals surface area contributed by atoms with Gasteiger partial charge in [0, 0.05) is 12.8 Å². The van der Waals surface area contributed by atoms with E-state index in [1.165, 1.54) is 12.8 Å². The van der Waals surface area contributed by atoms with Crippen LogP contribution in [0.15, 0.2) is 0 Å². The Labute approximate surface area is 88.8 Å². The molecule has 3 unspecified atom stereocenters.